The average Bonchev–Trinajstić information content (AvgIpc) is 3.26. The fourth-order valence-electron chi connectivity index (χ4n) is 3.27. The summed E-state index contributed by atoms with van der Waals surface area (Å²) in [6.07, 6.45) is 4.52. The molecule has 1 N–H and O–H groups in total. The van der Waals surface area contributed by atoms with Gasteiger partial charge >= 0.3 is 0 Å². The van der Waals surface area contributed by atoms with E-state index >= 15 is 0 Å². The smallest absolute Gasteiger partial charge is 0.252 e. The van der Waals surface area contributed by atoms with E-state index in [9.17, 15) is 10.5 Å². The Kier molecular flexibility index (Phi) is 6.24. The fraction of sp³-hybridized carbons (Fsp3) is 0.300. The molecule has 1 saturated heterocycles. The number of nitriles is 2. The summed E-state index contributed by atoms with van der Waals surface area (Å²) in [5.74, 6) is 3.58. The van der Waals surface area contributed by atoms with Crippen molar-refractivity contribution in [1.29, 1.82) is 10.5 Å². The first-order valence-electron chi connectivity index (χ1n) is 9.80. The molecule has 12 heteroatoms. The number of nitrogens with one attached hydrogen (secondary N) is 1. The van der Waals surface area contributed by atoms with Crippen LogP contribution in [0.5, 0.6) is 0 Å². The molecule has 1 aliphatic heterocycles. The monoisotopic (exact) mass is 445 g/mol. The van der Waals surface area contributed by atoms with Crippen LogP contribution in [0, 0.1) is 29.6 Å². The normalized spacial score (nSPS) is 13.7. The molecule has 4 rings (SSSR count). The van der Waals surface area contributed by atoms with Gasteiger partial charge in [0.1, 0.15) is 29.2 Å². The summed E-state index contributed by atoms with van der Waals surface area (Å²) in [6.45, 7) is 3.48. The Hall–Kier alpha value is -4.03. The highest BCUT2D eigenvalue weighted by molar-refractivity contribution is 7.99. The largest absolute Gasteiger partial charge is 0.371 e. The van der Waals surface area contributed by atoms with Gasteiger partial charge in [0, 0.05) is 49.6 Å². The van der Waals surface area contributed by atoms with Crippen molar-refractivity contribution in [2.45, 2.75) is 6.92 Å². The second kappa shape index (κ2) is 9.41. The SMILES string of the molecule is CNc1nc(N2CCSCC2)c(C#N)c(C)c1/N=N/c1c(C#N)cnn1-c1ncccn1. The van der Waals surface area contributed by atoms with Gasteiger partial charge in [0.2, 0.25) is 0 Å². The maximum absolute atomic E-state index is 9.86. The summed E-state index contributed by atoms with van der Waals surface area (Å²) in [6, 6.07) is 6.01. The van der Waals surface area contributed by atoms with Crippen LogP contribution in [0.4, 0.5) is 23.1 Å². The maximum atomic E-state index is 9.86. The third kappa shape index (κ3) is 3.96. The van der Waals surface area contributed by atoms with Crippen LogP contribution in [-0.4, -0.2) is 56.4 Å². The molecule has 3 aromatic heterocycles. The summed E-state index contributed by atoms with van der Waals surface area (Å²) in [7, 11) is 1.74. The lowest BCUT2D eigenvalue weighted by Gasteiger charge is -2.29. The van der Waals surface area contributed by atoms with Crippen molar-refractivity contribution >= 4 is 34.9 Å². The van der Waals surface area contributed by atoms with Crippen LogP contribution in [0.25, 0.3) is 5.95 Å². The van der Waals surface area contributed by atoms with E-state index in [0.29, 0.717) is 28.5 Å². The van der Waals surface area contributed by atoms with Crippen LogP contribution in [0.3, 0.4) is 0 Å². The lowest BCUT2D eigenvalue weighted by molar-refractivity contribution is 0.802. The van der Waals surface area contributed by atoms with E-state index in [4.69, 9.17) is 0 Å². The molecule has 160 valence electrons. The molecular formula is C20H19N11S. The molecule has 0 atom stereocenters. The molecule has 0 aliphatic carbocycles. The van der Waals surface area contributed by atoms with Gasteiger partial charge in [-0.3, -0.25) is 0 Å². The lowest BCUT2D eigenvalue weighted by Crippen LogP contribution is -2.34. The van der Waals surface area contributed by atoms with E-state index in [1.807, 2.05) is 18.7 Å². The summed E-state index contributed by atoms with van der Waals surface area (Å²) in [5.41, 5.74) is 1.76. The van der Waals surface area contributed by atoms with E-state index in [0.717, 1.165) is 24.6 Å². The first-order valence-corrected chi connectivity index (χ1v) is 11.0. The number of hydrogen-bond acceptors (Lipinski definition) is 11. The molecule has 0 saturated carbocycles. The minimum Gasteiger partial charge on any atom is -0.371 e. The standard InChI is InChI=1S/C20H19N11S/c1-13-15(11-22)19(30-6-8-32-9-7-30)27-17(23-2)16(13)28-29-18-14(10-21)12-26-31(18)20-24-4-3-5-25-20/h3-5,12H,6-9H2,1-2H3,(H,23,27)/b29-28+. The predicted octanol–water partition coefficient (Wildman–Crippen LogP) is 3.12. The summed E-state index contributed by atoms with van der Waals surface area (Å²) in [5, 5.41) is 35.2. The maximum Gasteiger partial charge on any atom is 0.252 e. The zero-order chi connectivity index (χ0) is 22.5. The number of aromatic nitrogens is 5. The van der Waals surface area contributed by atoms with Gasteiger partial charge in [0.15, 0.2) is 11.6 Å². The van der Waals surface area contributed by atoms with E-state index in [2.05, 4.69) is 52.6 Å². The molecule has 0 unspecified atom stereocenters. The molecule has 1 fully saturated rings. The van der Waals surface area contributed by atoms with Crippen molar-refractivity contribution in [3.63, 3.8) is 0 Å². The average molecular weight is 446 g/mol. The Labute approximate surface area is 188 Å². The van der Waals surface area contributed by atoms with E-state index < -0.39 is 0 Å². The van der Waals surface area contributed by atoms with Crippen molar-refractivity contribution in [2.24, 2.45) is 10.2 Å². The topological polar surface area (TPSA) is 144 Å². The van der Waals surface area contributed by atoms with Crippen molar-refractivity contribution in [1.82, 2.24) is 24.7 Å². The lowest BCUT2D eigenvalue weighted by atomic mass is 10.1. The number of hydrogen-bond donors (Lipinski definition) is 1. The quantitative estimate of drug-likeness (QED) is 0.585. The molecular weight excluding hydrogens is 426 g/mol. The van der Waals surface area contributed by atoms with Crippen LogP contribution < -0.4 is 10.2 Å². The zero-order valence-electron chi connectivity index (χ0n) is 17.5. The molecule has 4 heterocycles. The second-order valence-electron chi connectivity index (χ2n) is 6.75. The highest BCUT2D eigenvalue weighted by atomic mass is 32.2. The van der Waals surface area contributed by atoms with E-state index in [1.165, 1.54) is 10.9 Å². The van der Waals surface area contributed by atoms with Crippen LogP contribution in [0.2, 0.25) is 0 Å². The van der Waals surface area contributed by atoms with Gasteiger partial charge in [0.25, 0.3) is 5.95 Å². The third-order valence-corrected chi connectivity index (χ3v) is 5.85. The first kappa shape index (κ1) is 21.2. The van der Waals surface area contributed by atoms with Crippen molar-refractivity contribution in [2.75, 3.05) is 41.9 Å². The summed E-state index contributed by atoms with van der Waals surface area (Å²) in [4.78, 5) is 15.1. The van der Waals surface area contributed by atoms with Crippen LogP contribution in [0.15, 0.2) is 34.9 Å². The number of nitrogens with zero attached hydrogens (tertiary/aromatic N) is 10. The van der Waals surface area contributed by atoms with E-state index in [1.54, 1.807) is 25.5 Å². The van der Waals surface area contributed by atoms with Gasteiger partial charge in [-0.2, -0.15) is 32.1 Å². The molecule has 0 radical (unpaired) electrons. The van der Waals surface area contributed by atoms with Crippen LogP contribution >= 0.6 is 11.8 Å². The van der Waals surface area contributed by atoms with Gasteiger partial charge in [-0.05, 0) is 13.0 Å². The molecule has 32 heavy (non-hydrogen) atoms. The van der Waals surface area contributed by atoms with Gasteiger partial charge in [-0.1, -0.05) is 0 Å². The minimum atomic E-state index is 0.191. The fourth-order valence-corrected chi connectivity index (χ4v) is 4.18. The molecule has 0 amide bonds. The Morgan fingerprint density at radius 3 is 2.53 bits per heavy atom. The number of thioether (sulfide) groups is 1. The third-order valence-electron chi connectivity index (χ3n) is 4.91. The van der Waals surface area contributed by atoms with Gasteiger partial charge < -0.3 is 10.2 Å². The van der Waals surface area contributed by atoms with Gasteiger partial charge in [-0.15, -0.1) is 10.2 Å². The highest BCUT2D eigenvalue weighted by Gasteiger charge is 2.23. The Balaban J connectivity index is 1.80. The number of anilines is 2. The molecule has 0 aromatic carbocycles. The first-order chi connectivity index (χ1) is 15.7. The molecule has 11 nitrogen and oxygen atoms in total. The number of azo groups is 1. The van der Waals surface area contributed by atoms with Crippen molar-refractivity contribution in [3.05, 3.63) is 41.3 Å². The highest BCUT2D eigenvalue weighted by Crippen LogP contribution is 2.36. The second-order valence-corrected chi connectivity index (χ2v) is 7.97. The number of rotatable bonds is 5. The predicted molar refractivity (Wildman–Crippen MR) is 121 cm³/mol. The van der Waals surface area contributed by atoms with Gasteiger partial charge in [0.05, 0.1) is 11.8 Å². The molecule has 1 aliphatic rings. The summed E-state index contributed by atoms with van der Waals surface area (Å²) < 4.78 is 1.34. The van der Waals surface area contributed by atoms with Crippen LogP contribution in [0.1, 0.15) is 16.7 Å². The minimum absolute atomic E-state index is 0.191. The molecule has 3 aromatic rings. The molecule has 0 bridgehead atoms. The number of pyridine rings is 1. The molecule has 0 spiro atoms. The Morgan fingerprint density at radius 2 is 1.88 bits per heavy atom. The van der Waals surface area contributed by atoms with Gasteiger partial charge in [-0.25, -0.2) is 15.0 Å². The van der Waals surface area contributed by atoms with Crippen molar-refractivity contribution < 1.29 is 0 Å². The zero-order valence-corrected chi connectivity index (χ0v) is 18.3. The van der Waals surface area contributed by atoms with Crippen LogP contribution in [-0.2, 0) is 0 Å². The van der Waals surface area contributed by atoms with Crippen molar-refractivity contribution in [3.8, 4) is 18.1 Å². The summed E-state index contributed by atoms with van der Waals surface area (Å²) >= 11 is 1.89. The Morgan fingerprint density at radius 1 is 1.12 bits per heavy atom. The Bertz CT molecular complexity index is 1230. The van der Waals surface area contributed by atoms with E-state index in [-0.39, 0.29) is 17.3 Å².